The second kappa shape index (κ2) is 11.0. The number of nitrogens with one attached hydrogen (secondary N) is 2. The molecule has 2 aromatic carbocycles. The normalized spacial score (nSPS) is 13.2. The van der Waals surface area contributed by atoms with Gasteiger partial charge < -0.3 is 15.4 Å². The van der Waals surface area contributed by atoms with Crippen molar-refractivity contribution in [3.63, 3.8) is 0 Å². The first-order valence-corrected chi connectivity index (χ1v) is 11.0. The molecule has 0 heterocycles. The van der Waals surface area contributed by atoms with Gasteiger partial charge in [0.2, 0.25) is 11.8 Å². The molecule has 3 rings (SSSR count). The molecule has 2 N–H and O–H groups in total. The maximum atomic E-state index is 12.6. The maximum absolute atomic E-state index is 12.6. The number of aryl methyl sites for hydroxylation is 2. The molecule has 6 nitrogen and oxygen atoms in total. The molecular weight excluding hydrogens is 390 g/mol. The number of carbonyl (C=O) groups excluding carboxylic acids is 2. The van der Waals surface area contributed by atoms with Gasteiger partial charge in [-0.3, -0.25) is 14.5 Å². The van der Waals surface area contributed by atoms with Crippen molar-refractivity contribution in [2.24, 2.45) is 0 Å². The highest BCUT2D eigenvalue weighted by atomic mass is 16.5. The van der Waals surface area contributed by atoms with Gasteiger partial charge in [0.1, 0.15) is 5.75 Å². The van der Waals surface area contributed by atoms with Crippen LogP contribution in [0.1, 0.15) is 36.0 Å². The van der Waals surface area contributed by atoms with Gasteiger partial charge in [-0.15, -0.1) is 0 Å². The molecule has 31 heavy (non-hydrogen) atoms. The van der Waals surface area contributed by atoms with E-state index < -0.39 is 0 Å². The second-order valence-corrected chi connectivity index (χ2v) is 8.21. The third-order valence-electron chi connectivity index (χ3n) is 5.68. The minimum Gasteiger partial charge on any atom is -0.497 e. The Balaban J connectivity index is 1.41. The lowest BCUT2D eigenvalue weighted by molar-refractivity contribution is -0.122. The zero-order valence-electron chi connectivity index (χ0n) is 18.7. The van der Waals surface area contributed by atoms with Crippen LogP contribution in [0.25, 0.3) is 0 Å². The highest BCUT2D eigenvalue weighted by molar-refractivity contribution is 5.93. The third-order valence-corrected chi connectivity index (χ3v) is 5.68. The van der Waals surface area contributed by atoms with Gasteiger partial charge in [-0.25, -0.2) is 0 Å². The first kappa shape index (κ1) is 22.8. The number of rotatable bonds is 11. The number of amides is 2. The van der Waals surface area contributed by atoms with Gasteiger partial charge in [-0.1, -0.05) is 30.3 Å². The molecule has 0 saturated heterocycles. The van der Waals surface area contributed by atoms with Crippen molar-refractivity contribution in [1.29, 1.82) is 0 Å². The number of hydrogen-bond acceptors (Lipinski definition) is 4. The molecule has 0 unspecified atom stereocenters. The van der Waals surface area contributed by atoms with E-state index in [-0.39, 0.29) is 11.8 Å². The minimum absolute atomic E-state index is 0.0225. The molecule has 1 saturated carbocycles. The lowest BCUT2D eigenvalue weighted by Gasteiger charge is -2.22. The van der Waals surface area contributed by atoms with Gasteiger partial charge in [-0.05, 0) is 61.9 Å². The van der Waals surface area contributed by atoms with Crippen LogP contribution in [0, 0.1) is 13.8 Å². The summed E-state index contributed by atoms with van der Waals surface area (Å²) in [5.41, 5.74) is 4.16. The minimum atomic E-state index is -0.0239. The van der Waals surface area contributed by atoms with Crippen molar-refractivity contribution in [3.8, 4) is 5.75 Å². The summed E-state index contributed by atoms with van der Waals surface area (Å²) >= 11 is 0. The molecule has 6 heteroatoms. The molecule has 0 aromatic heterocycles. The Morgan fingerprint density at radius 1 is 1.03 bits per heavy atom. The van der Waals surface area contributed by atoms with Gasteiger partial charge in [0.05, 0.1) is 13.7 Å². The van der Waals surface area contributed by atoms with Crippen LogP contribution in [0.2, 0.25) is 0 Å². The van der Waals surface area contributed by atoms with E-state index in [1.807, 2.05) is 56.3 Å². The number of nitrogens with zero attached hydrogens (tertiary/aromatic N) is 1. The molecule has 0 bridgehead atoms. The van der Waals surface area contributed by atoms with E-state index in [9.17, 15) is 9.59 Å². The maximum Gasteiger partial charge on any atom is 0.238 e. The summed E-state index contributed by atoms with van der Waals surface area (Å²) in [6, 6.07) is 14.3. The Kier molecular flexibility index (Phi) is 8.06. The first-order valence-electron chi connectivity index (χ1n) is 11.0. The lowest BCUT2D eigenvalue weighted by atomic mass is 10.1. The highest BCUT2D eigenvalue weighted by Gasteiger charge is 2.30. The fraction of sp³-hybridized carbons (Fsp3) is 0.440. The summed E-state index contributed by atoms with van der Waals surface area (Å²) < 4.78 is 5.16. The zero-order valence-corrected chi connectivity index (χ0v) is 18.7. The van der Waals surface area contributed by atoms with Crippen LogP contribution in [0.3, 0.4) is 0 Å². The fourth-order valence-corrected chi connectivity index (χ4v) is 3.68. The molecule has 1 fully saturated rings. The van der Waals surface area contributed by atoms with Crippen molar-refractivity contribution in [3.05, 3.63) is 59.2 Å². The van der Waals surface area contributed by atoms with Crippen LogP contribution in [0.15, 0.2) is 42.5 Å². The Morgan fingerprint density at radius 3 is 2.32 bits per heavy atom. The van der Waals surface area contributed by atoms with Gasteiger partial charge in [-0.2, -0.15) is 0 Å². The number of benzene rings is 2. The smallest absolute Gasteiger partial charge is 0.238 e. The van der Waals surface area contributed by atoms with E-state index >= 15 is 0 Å². The Morgan fingerprint density at radius 2 is 1.71 bits per heavy atom. The Labute approximate surface area is 185 Å². The predicted molar refractivity (Wildman–Crippen MR) is 123 cm³/mol. The van der Waals surface area contributed by atoms with Crippen molar-refractivity contribution in [2.75, 3.05) is 32.1 Å². The molecule has 0 atom stereocenters. The molecule has 2 aromatic rings. The number of methoxy groups -OCH3 is 1. The molecule has 1 aliphatic carbocycles. The van der Waals surface area contributed by atoms with Gasteiger partial charge in [0.25, 0.3) is 0 Å². The van der Waals surface area contributed by atoms with Crippen molar-refractivity contribution in [2.45, 2.75) is 45.6 Å². The van der Waals surface area contributed by atoms with Crippen LogP contribution in [0.5, 0.6) is 5.75 Å². The summed E-state index contributed by atoms with van der Waals surface area (Å²) in [5.74, 6) is 0.827. The number of anilines is 1. The van der Waals surface area contributed by atoms with Crippen LogP contribution in [0.4, 0.5) is 5.69 Å². The number of carbonyl (C=O) groups is 2. The second-order valence-electron chi connectivity index (χ2n) is 8.21. The molecular formula is C25H33N3O3. The number of ether oxygens (including phenoxy) is 1. The third kappa shape index (κ3) is 7.10. The summed E-state index contributed by atoms with van der Waals surface area (Å²) in [7, 11) is 1.65. The zero-order chi connectivity index (χ0) is 22.2. The van der Waals surface area contributed by atoms with E-state index in [1.165, 1.54) is 0 Å². The Hall–Kier alpha value is -2.86. The van der Waals surface area contributed by atoms with Crippen molar-refractivity contribution >= 4 is 17.5 Å². The van der Waals surface area contributed by atoms with Crippen molar-refractivity contribution < 1.29 is 14.3 Å². The SMILES string of the molecule is COc1ccc(CCNC(=O)CCN(CC(=O)Nc2c(C)cccc2C)C2CC2)cc1. The van der Waals surface area contributed by atoms with Crippen LogP contribution < -0.4 is 15.4 Å². The molecule has 0 radical (unpaired) electrons. The standard InChI is InChI=1S/C25H33N3O3/c1-18-5-4-6-19(2)25(18)27-24(30)17-28(21-9-10-21)16-14-23(29)26-15-13-20-7-11-22(31-3)12-8-20/h4-8,11-12,21H,9-10,13-17H2,1-3H3,(H,26,29)(H,27,30). The number of para-hydroxylation sites is 1. The molecule has 2 amide bonds. The molecule has 166 valence electrons. The average Bonchev–Trinajstić information content (AvgIpc) is 3.60. The fourth-order valence-electron chi connectivity index (χ4n) is 3.68. The summed E-state index contributed by atoms with van der Waals surface area (Å²) in [4.78, 5) is 27.0. The first-order chi connectivity index (χ1) is 15.0. The molecule has 0 aliphatic heterocycles. The van der Waals surface area contributed by atoms with Gasteiger partial charge >= 0.3 is 0 Å². The lowest BCUT2D eigenvalue weighted by Crippen LogP contribution is -2.38. The van der Waals surface area contributed by atoms with Gasteiger partial charge in [0, 0.05) is 31.2 Å². The largest absolute Gasteiger partial charge is 0.497 e. The summed E-state index contributed by atoms with van der Waals surface area (Å²) in [6.45, 7) is 5.51. The quantitative estimate of drug-likeness (QED) is 0.581. The van der Waals surface area contributed by atoms with E-state index in [0.717, 1.165) is 47.4 Å². The van der Waals surface area contributed by atoms with E-state index in [2.05, 4.69) is 15.5 Å². The summed E-state index contributed by atoms with van der Waals surface area (Å²) in [6.07, 6.45) is 3.36. The van der Waals surface area contributed by atoms with Gasteiger partial charge in [0.15, 0.2) is 0 Å². The van der Waals surface area contributed by atoms with Crippen LogP contribution >= 0.6 is 0 Å². The van der Waals surface area contributed by atoms with E-state index in [4.69, 9.17) is 4.74 Å². The average molecular weight is 424 g/mol. The number of hydrogen-bond donors (Lipinski definition) is 2. The Bertz CT molecular complexity index is 871. The van der Waals surface area contributed by atoms with E-state index in [1.54, 1.807) is 7.11 Å². The van der Waals surface area contributed by atoms with E-state index in [0.29, 0.717) is 32.1 Å². The topological polar surface area (TPSA) is 70.7 Å². The van der Waals surface area contributed by atoms with Crippen LogP contribution in [-0.4, -0.2) is 49.5 Å². The summed E-state index contributed by atoms with van der Waals surface area (Å²) in [5, 5.41) is 6.03. The van der Waals surface area contributed by atoms with Crippen molar-refractivity contribution in [1.82, 2.24) is 10.2 Å². The van der Waals surface area contributed by atoms with Crippen LogP contribution in [-0.2, 0) is 16.0 Å². The molecule has 0 spiro atoms. The predicted octanol–water partition coefficient (Wildman–Crippen LogP) is 3.46. The highest BCUT2D eigenvalue weighted by Crippen LogP contribution is 2.27. The molecule has 1 aliphatic rings. The monoisotopic (exact) mass is 423 g/mol.